The summed E-state index contributed by atoms with van der Waals surface area (Å²) in [6, 6.07) is 9.78. The van der Waals surface area contributed by atoms with E-state index in [-0.39, 0.29) is 19.1 Å². The van der Waals surface area contributed by atoms with E-state index in [1.165, 1.54) is 23.2 Å². The highest BCUT2D eigenvalue weighted by molar-refractivity contribution is 7.22. The number of benzene rings is 1. The number of carbonyl (C=O) groups excluding carboxylic acids is 4. The molecule has 1 aliphatic carbocycles. The van der Waals surface area contributed by atoms with Crippen molar-refractivity contribution in [1.82, 2.24) is 15.2 Å². The molecule has 35 heavy (non-hydrogen) atoms. The van der Waals surface area contributed by atoms with Crippen molar-refractivity contribution in [3.05, 3.63) is 57.6 Å². The molecule has 0 fully saturated rings. The molecule has 0 spiro atoms. The van der Waals surface area contributed by atoms with Crippen LogP contribution in [0.5, 0.6) is 0 Å². The number of rotatable bonds is 8. The molecule has 9 nitrogen and oxygen atoms in total. The fraction of sp³-hybridized carbons (Fsp3) is 0.333. The minimum atomic E-state index is -0.659. The molecular formula is C24H24ClN3O6S. The zero-order chi connectivity index (χ0) is 25.1. The molecule has 2 heterocycles. The topological polar surface area (TPSA) is 118 Å². The molecule has 184 valence electrons. The first-order valence-electron chi connectivity index (χ1n) is 11.0. The van der Waals surface area contributed by atoms with Gasteiger partial charge in [-0.25, -0.2) is 0 Å². The standard InChI is InChI=1S/C24H24ClN3O6S/c1-3-33-21(31)11-28(20(30)12-34-13(2)29)22-16-7-5-4-6-14(16)8-17(22)26-23(32)18-9-15-10-19(25)35-24(15)27-18/h4-7,9-10,17,22,27H,3,8,11-12H2,1-2H3,(H,26,32)/t17-,22-/m1/s1. The number of carbonyl (C=O) groups is 4. The van der Waals surface area contributed by atoms with E-state index in [1.54, 1.807) is 19.1 Å². The summed E-state index contributed by atoms with van der Waals surface area (Å²) in [5.41, 5.74) is 2.11. The highest BCUT2D eigenvalue weighted by atomic mass is 35.5. The number of fused-ring (bicyclic) bond motifs is 2. The number of nitrogens with one attached hydrogen (secondary N) is 2. The van der Waals surface area contributed by atoms with Crippen LogP contribution in [0, 0.1) is 0 Å². The van der Waals surface area contributed by atoms with Gasteiger partial charge >= 0.3 is 11.9 Å². The second-order valence-electron chi connectivity index (χ2n) is 8.05. The summed E-state index contributed by atoms with van der Waals surface area (Å²) >= 11 is 7.37. The SMILES string of the molecule is CCOC(=O)CN(C(=O)COC(C)=O)[C@@H]1c2ccccc2C[C@H]1NC(=O)c1cc2cc(Cl)sc2[nH]1. The zero-order valence-corrected chi connectivity index (χ0v) is 20.7. The molecule has 2 atom stereocenters. The van der Waals surface area contributed by atoms with Gasteiger partial charge in [0.1, 0.15) is 17.1 Å². The van der Waals surface area contributed by atoms with Crippen molar-refractivity contribution in [2.45, 2.75) is 32.4 Å². The van der Waals surface area contributed by atoms with Gasteiger partial charge in [-0.2, -0.15) is 0 Å². The second kappa shape index (κ2) is 10.5. The van der Waals surface area contributed by atoms with Crippen molar-refractivity contribution in [1.29, 1.82) is 0 Å². The lowest BCUT2D eigenvalue weighted by Gasteiger charge is -2.33. The van der Waals surface area contributed by atoms with Crippen LogP contribution < -0.4 is 5.32 Å². The maximum Gasteiger partial charge on any atom is 0.325 e. The molecule has 0 radical (unpaired) electrons. The van der Waals surface area contributed by atoms with Crippen LogP contribution in [0.15, 0.2) is 36.4 Å². The zero-order valence-electron chi connectivity index (χ0n) is 19.1. The Labute approximate surface area is 210 Å². The Kier molecular flexibility index (Phi) is 7.42. The smallest absolute Gasteiger partial charge is 0.325 e. The van der Waals surface area contributed by atoms with Crippen LogP contribution in [0.2, 0.25) is 4.34 Å². The Hall–Kier alpha value is -3.37. The Bertz CT molecular complexity index is 1250. The van der Waals surface area contributed by atoms with Gasteiger partial charge in [-0.1, -0.05) is 35.9 Å². The molecule has 0 bridgehead atoms. The van der Waals surface area contributed by atoms with Crippen molar-refractivity contribution in [2.75, 3.05) is 19.8 Å². The molecule has 2 N–H and O–H groups in total. The summed E-state index contributed by atoms with van der Waals surface area (Å²) in [6.07, 6.45) is 0.452. The van der Waals surface area contributed by atoms with Crippen molar-refractivity contribution in [2.24, 2.45) is 0 Å². The van der Waals surface area contributed by atoms with Gasteiger partial charge in [0.05, 0.1) is 23.0 Å². The fourth-order valence-corrected chi connectivity index (χ4v) is 5.41. The number of hydrogen-bond donors (Lipinski definition) is 2. The Morgan fingerprint density at radius 2 is 1.97 bits per heavy atom. The number of aromatic amines is 1. The van der Waals surface area contributed by atoms with Crippen LogP contribution in [0.1, 0.15) is 41.5 Å². The van der Waals surface area contributed by atoms with Gasteiger partial charge in [0, 0.05) is 12.3 Å². The molecule has 1 aliphatic rings. The van der Waals surface area contributed by atoms with Gasteiger partial charge in [0.25, 0.3) is 11.8 Å². The number of esters is 2. The second-order valence-corrected chi connectivity index (χ2v) is 9.74. The van der Waals surface area contributed by atoms with E-state index in [2.05, 4.69) is 10.3 Å². The largest absolute Gasteiger partial charge is 0.465 e. The highest BCUT2D eigenvalue weighted by Gasteiger charge is 2.40. The number of hydrogen-bond acceptors (Lipinski definition) is 7. The predicted molar refractivity (Wildman–Crippen MR) is 130 cm³/mol. The average molecular weight is 518 g/mol. The van der Waals surface area contributed by atoms with Crippen LogP contribution >= 0.6 is 22.9 Å². The summed E-state index contributed by atoms with van der Waals surface area (Å²) < 4.78 is 10.6. The Morgan fingerprint density at radius 3 is 2.69 bits per heavy atom. The fourth-order valence-electron chi connectivity index (χ4n) is 4.28. The number of aromatic nitrogens is 1. The number of ether oxygens (including phenoxy) is 2. The number of amides is 2. The molecule has 1 aromatic carbocycles. The van der Waals surface area contributed by atoms with Gasteiger partial charge in [0.2, 0.25) is 0 Å². The third kappa shape index (κ3) is 5.49. The lowest BCUT2D eigenvalue weighted by atomic mass is 10.0. The van der Waals surface area contributed by atoms with Crippen molar-refractivity contribution in [3.63, 3.8) is 0 Å². The molecule has 0 saturated heterocycles. The summed E-state index contributed by atoms with van der Waals surface area (Å²) in [5.74, 6) is -2.13. The lowest BCUT2D eigenvalue weighted by Crippen LogP contribution is -2.49. The molecule has 0 saturated carbocycles. The first-order valence-corrected chi connectivity index (χ1v) is 12.2. The monoisotopic (exact) mass is 517 g/mol. The molecule has 0 unspecified atom stereocenters. The van der Waals surface area contributed by atoms with Crippen LogP contribution in [0.4, 0.5) is 0 Å². The normalized spacial score (nSPS) is 16.5. The predicted octanol–water partition coefficient (Wildman–Crippen LogP) is 3.23. The summed E-state index contributed by atoms with van der Waals surface area (Å²) in [7, 11) is 0. The Morgan fingerprint density at radius 1 is 1.20 bits per heavy atom. The number of halogens is 1. The van der Waals surface area contributed by atoms with E-state index in [0.717, 1.165) is 21.3 Å². The maximum atomic E-state index is 13.1. The first kappa shape index (κ1) is 24.7. The lowest BCUT2D eigenvalue weighted by molar-refractivity contribution is -0.156. The van der Waals surface area contributed by atoms with E-state index in [9.17, 15) is 19.2 Å². The molecule has 2 amide bonds. The van der Waals surface area contributed by atoms with Gasteiger partial charge in [-0.15, -0.1) is 11.3 Å². The quantitative estimate of drug-likeness (QED) is 0.443. The molecule has 0 aliphatic heterocycles. The molecule has 2 aromatic heterocycles. The van der Waals surface area contributed by atoms with Crippen LogP contribution in [-0.2, 0) is 30.3 Å². The van der Waals surface area contributed by atoms with Crippen molar-refractivity contribution in [3.8, 4) is 0 Å². The van der Waals surface area contributed by atoms with E-state index in [4.69, 9.17) is 21.1 Å². The minimum absolute atomic E-state index is 0.153. The van der Waals surface area contributed by atoms with Crippen LogP contribution in [-0.4, -0.2) is 59.4 Å². The van der Waals surface area contributed by atoms with Crippen molar-refractivity contribution >= 4 is 56.9 Å². The number of nitrogens with zero attached hydrogens (tertiary/aromatic N) is 1. The van der Waals surface area contributed by atoms with Gasteiger partial charge in [-0.3, -0.25) is 19.2 Å². The van der Waals surface area contributed by atoms with E-state index in [0.29, 0.717) is 16.5 Å². The summed E-state index contributed by atoms with van der Waals surface area (Å²) in [6.45, 7) is 2.15. The highest BCUT2D eigenvalue weighted by Crippen LogP contribution is 2.37. The van der Waals surface area contributed by atoms with Crippen LogP contribution in [0.25, 0.3) is 10.2 Å². The molecular weight excluding hydrogens is 494 g/mol. The number of thiophene rings is 1. The van der Waals surface area contributed by atoms with Crippen LogP contribution in [0.3, 0.4) is 0 Å². The van der Waals surface area contributed by atoms with E-state index in [1.807, 2.05) is 24.3 Å². The van der Waals surface area contributed by atoms with E-state index >= 15 is 0 Å². The van der Waals surface area contributed by atoms with Crippen molar-refractivity contribution < 1.29 is 28.7 Å². The minimum Gasteiger partial charge on any atom is -0.465 e. The Balaban J connectivity index is 1.63. The average Bonchev–Trinajstić information content (AvgIpc) is 3.46. The maximum absolute atomic E-state index is 13.1. The molecule has 3 aromatic rings. The van der Waals surface area contributed by atoms with Gasteiger partial charge < -0.3 is 24.7 Å². The van der Waals surface area contributed by atoms with Gasteiger partial charge in [0.15, 0.2) is 6.61 Å². The third-order valence-corrected chi connectivity index (χ3v) is 6.89. The summed E-state index contributed by atoms with van der Waals surface area (Å²) in [5, 5.41) is 3.84. The van der Waals surface area contributed by atoms with E-state index < -0.39 is 36.5 Å². The molecule has 4 rings (SSSR count). The molecule has 11 heteroatoms. The third-order valence-electron chi connectivity index (χ3n) is 5.69. The number of H-pyrrole nitrogens is 1. The first-order chi connectivity index (χ1) is 16.8. The van der Waals surface area contributed by atoms with Gasteiger partial charge in [-0.05, 0) is 36.6 Å². The summed E-state index contributed by atoms with van der Waals surface area (Å²) in [4.78, 5) is 55.1.